The Kier molecular flexibility index (Phi) is 12.0. The fourth-order valence-electron chi connectivity index (χ4n) is 4.82. The third-order valence-corrected chi connectivity index (χ3v) is 7.84. The van der Waals surface area contributed by atoms with Crippen LogP contribution in [0, 0.1) is 0 Å². The number of carbonyl (C=O) groups excluding carboxylic acids is 1. The van der Waals surface area contributed by atoms with Crippen molar-refractivity contribution < 1.29 is 24.9 Å². The lowest BCUT2D eigenvalue weighted by atomic mass is 9.68. The van der Waals surface area contributed by atoms with Crippen LogP contribution in [-0.2, 0) is 36.6 Å². The largest absolute Gasteiger partial charge is 0.507 e. The molecule has 42 heavy (non-hydrogen) atoms. The molecular formula is C37H60O5. The van der Waals surface area contributed by atoms with Gasteiger partial charge in [-0.15, -0.1) is 0 Å². The molecule has 0 aliphatic rings. The number of aliphatic hydroxyl groups excluding tert-OH is 1. The van der Waals surface area contributed by atoms with Crippen molar-refractivity contribution in [2.75, 3.05) is 13.2 Å². The SMILES string of the molecule is CC(C)(C)c1cc(C(C)(C(=O)OCCO)c2cc(C(C)(C)C)c(O)c(C(C)(C)C)c2)cc(C(C)(C)C)c1O.CCCC. The highest BCUT2D eigenvalue weighted by Crippen LogP contribution is 2.47. The van der Waals surface area contributed by atoms with Gasteiger partial charge in [-0.3, -0.25) is 4.79 Å². The van der Waals surface area contributed by atoms with Crippen LogP contribution in [0.5, 0.6) is 11.5 Å². The molecule has 0 aliphatic carbocycles. The first-order valence-electron chi connectivity index (χ1n) is 15.4. The van der Waals surface area contributed by atoms with E-state index in [4.69, 9.17) is 4.74 Å². The van der Waals surface area contributed by atoms with E-state index in [1.165, 1.54) is 12.8 Å². The molecule has 0 saturated heterocycles. The number of phenolic OH excluding ortho intramolecular Hbond substituents is 2. The zero-order chi connectivity index (χ0) is 33.1. The number of ether oxygens (including phenoxy) is 1. The molecule has 0 aromatic heterocycles. The molecule has 3 N–H and O–H groups in total. The molecule has 0 spiro atoms. The van der Waals surface area contributed by atoms with Crippen LogP contribution in [-0.4, -0.2) is 34.5 Å². The lowest BCUT2D eigenvalue weighted by Crippen LogP contribution is -2.38. The summed E-state index contributed by atoms with van der Waals surface area (Å²) in [5, 5.41) is 32.2. The first kappa shape index (κ1) is 37.5. The molecule has 2 aromatic rings. The van der Waals surface area contributed by atoms with Crippen molar-refractivity contribution in [1.82, 2.24) is 0 Å². The number of rotatable bonds is 6. The number of phenols is 2. The molecular weight excluding hydrogens is 524 g/mol. The van der Waals surface area contributed by atoms with Gasteiger partial charge in [0, 0.05) is 0 Å². The number of hydrogen-bond donors (Lipinski definition) is 3. The Bertz CT molecular complexity index is 1060. The van der Waals surface area contributed by atoms with Gasteiger partial charge >= 0.3 is 5.97 Å². The minimum atomic E-state index is -1.28. The lowest BCUT2D eigenvalue weighted by molar-refractivity contribution is -0.149. The smallest absolute Gasteiger partial charge is 0.320 e. The highest BCUT2D eigenvalue weighted by Gasteiger charge is 2.43. The van der Waals surface area contributed by atoms with Gasteiger partial charge in [-0.1, -0.05) is 134 Å². The maximum Gasteiger partial charge on any atom is 0.320 e. The zero-order valence-corrected chi connectivity index (χ0v) is 29.3. The monoisotopic (exact) mass is 584 g/mol. The summed E-state index contributed by atoms with van der Waals surface area (Å²) in [5.74, 6) is -0.0325. The maximum atomic E-state index is 14.0. The molecule has 2 aromatic carbocycles. The van der Waals surface area contributed by atoms with Crippen LogP contribution in [0.3, 0.4) is 0 Å². The Morgan fingerprint density at radius 1 is 0.595 bits per heavy atom. The van der Waals surface area contributed by atoms with Crippen molar-refractivity contribution >= 4 is 5.97 Å². The van der Waals surface area contributed by atoms with E-state index >= 15 is 0 Å². The highest BCUT2D eigenvalue weighted by atomic mass is 16.5. The molecule has 0 radical (unpaired) electrons. The van der Waals surface area contributed by atoms with E-state index in [9.17, 15) is 20.1 Å². The number of unbranched alkanes of at least 4 members (excludes halogenated alkanes) is 1. The normalized spacial score (nSPS) is 13.0. The molecule has 238 valence electrons. The van der Waals surface area contributed by atoms with Gasteiger partial charge in [0.25, 0.3) is 0 Å². The van der Waals surface area contributed by atoms with Gasteiger partial charge in [0.15, 0.2) is 0 Å². The van der Waals surface area contributed by atoms with Crippen LogP contribution < -0.4 is 0 Å². The molecule has 0 fully saturated rings. The zero-order valence-electron chi connectivity index (χ0n) is 29.3. The van der Waals surface area contributed by atoms with Gasteiger partial charge < -0.3 is 20.1 Å². The van der Waals surface area contributed by atoms with Crippen molar-refractivity contribution in [3.8, 4) is 11.5 Å². The second-order valence-corrected chi connectivity index (χ2v) is 15.8. The predicted molar refractivity (Wildman–Crippen MR) is 176 cm³/mol. The van der Waals surface area contributed by atoms with E-state index < -0.39 is 33.0 Å². The van der Waals surface area contributed by atoms with Crippen molar-refractivity contribution in [2.45, 2.75) is 144 Å². The summed E-state index contributed by atoms with van der Waals surface area (Å²) in [7, 11) is 0. The number of hydrogen-bond acceptors (Lipinski definition) is 5. The summed E-state index contributed by atoms with van der Waals surface area (Å²) in [6.07, 6.45) is 2.64. The van der Waals surface area contributed by atoms with Crippen LogP contribution in [0.1, 0.15) is 150 Å². The van der Waals surface area contributed by atoms with Crippen molar-refractivity contribution in [3.63, 3.8) is 0 Å². The molecule has 0 heterocycles. The molecule has 0 saturated carbocycles. The van der Waals surface area contributed by atoms with Gasteiger partial charge in [-0.2, -0.15) is 0 Å². The number of benzene rings is 2. The second-order valence-electron chi connectivity index (χ2n) is 15.8. The van der Waals surface area contributed by atoms with Gasteiger partial charge in [0.1, 0.15) is 23.5 Å². The topological polar surface area (TPSA) is 87.0 Å². The van der Waals surface area contributed by atoms with E-state index in [-0.39, 0.29) is 24.7 Å². The minimum absolute atomic E-state index is 0.124. The first-order valence-corrected chi connectivity index (χ1v) is 15.4. The fraction of sp³-hybridized carbons (Fsp3) is 0.649. The second kappa shape index (κ2) is 13.4. The van der Waals surface area contributed by atoms with Gasteiger partial charge in [0.2, 0.25) is 0 Å². The van der Waals surface area contributed by atoms with Gasteiger partial charge in [-0.05, 0) is 62.0 Å². The Hall–Kier alpha value is -2.53. The number of esters is 1. The summed E-state index contributed by atoms with van der Waals surface area (Å²) in [5.41, 5.74) is 1.51. The predicted octanol–water partition coefficient (Wildman–Crippen LogP) is 8.94. The summed E-state index contributed by atoms with van der Waals surface area (Å²) in [4.78, 5) is 14.0. The van der Waals surface area contributed by atoms with E-state index in [1.807, 2.05) is 114 Å². The Morgan fingerprint density at radius 3 is 1.05 bits per heavy atom. The molecule has 0 amide bonds. The summed E-state index contributed by atoms with van der Waals surface area (Å²) < 4.78 is 5.61. The Balaban J connectivity index is 0.00000206. The van der Waals surface area contributed by atoms with Crippen molar-refractivity contribution in [3.05, 3.63) is 57.6 Å². The van der Waals surface area contributed by atoms with Crippen LogP contribution in [0.4, 0.5) is 0 Å². The van der Waals surface area contributed by atoms with E-state index in [0.29, 0.717) is 11.1 Å². The molecule has 0 unspecified atom stereocenters. The molecule has 0 bridgehead atoms. The summed E-state index contributed by atoms with van der Waals surface area (Å²) in [6, 6.07) is 7.63. The summed E-state index contributed by atoms with van der Waals surface area (Å²) in [6.45, 7) is 30.2. The third-order valence-electron chi connectivity index (χ3n) is 7.84. The van der Waals surface area contributed by atoms with Crippen LogP contribution >= 0.6 is 0 Å². The number of aromatic hydroxyl groups is 2. The Labute approximate surface area is 256 Å². The highest BCUT2D eigenvalue weighted by molar-refractivity contribution is 5.88. The quantitative estimate of drug-likeness (QED) is 0.295. The maximum absolute atomic E-state index is 14.0. The van der Waals surface area contributed by atoms with Gasteiger partial charge in [-0.25, -0.2) is 0 Å². The number of aliphatic hydroxyl groups is 1. The average molecular weight is 585 g/mol. The minimum Gasteiger partial charge on any atom is -0.507 e. The number of carbonyl (C=O) groups is 1. The van der Waals surface area contributed by atoms with E-state index in [2.05, 4.69) is 13.8 Å². The van der Waals surface area contributed by atoms with E-state index in [1.54, 1.807) is 0 Å². The Morgan fingerprint density at radius 2 is 0.857 bits per heavy atom. The van der Waals surface area contributed by atoms with Crippen molar-refractivity contribution in [1.29, 1.82) is 0 Å². The molecule has 5 nitrogen and oxygen atoms in total. The fourth-order valence-corrected chi connectivity index (χ4v) is 4.82. The lowest BCUT2D eigenvalue weighted by Gasteiger charge is -2.36. The third kappa shape index (κ3) is 8.52. The first-order chi connectivity index (χ1) is 18.9. The van der Waals surface area contributed by atoms with Crippen molar-refractivity contribution in [2.24, 2.45) is 0 Å². The summed E-state index contributed by atoms with van der Waals surface area (Å²) >= 11 is 0. The molecule has 0 aliphatic heterocycles. The molecule has 0 atom stereocenters. The van der Waals surface area contributed by atoms with Crippen LogP contribution in [0.2, 0.25) is 0 Å². The van der Waals surface area contributed by atoms with Crippen LogP contribution in [0.25, 0.3) is 0 Å². The van der Waals surface area contributed by atoms with Gasteiger partial charge in [0.05, 0.1) is 6.61 Å². The van der Waals surface area contributed by atoms with Crippen LogP contribution in [0.15, 0.2) is 24.3 Å². The molecule has 2 rings (SSSR count). The standard InChI is InChI=1S/C33H50O5.C4H10/c1-29(2,3)22-16-20(17-23(26(22)35)30(4,5)6)33(13,28(37)38-15-14-34)21-18-24(31(7,8)9)27(36)25(19-21)32(10,11)12;1-3-4-2/h16-19,34-36H,14-15H2,1-13H3;3-4H2,1-2H3. The molecule has 5 heteroatoms. The van der Waals surface area contributed by atoms with E-state index in [0.717, 1.165) is 22.3 Å². The average Bonchev–Trinajstić information content (AvgIpc) is 2.84.